The van der Waals surface area contributed by atoms with Crippen LogP contribution < -0.4 is 29.1 Å². The highest BCUT2D eigenvalue weighted by molar-refractivity contribution is 7.07. The lowest BCUT2D eigenvalue weighted by atomic mass is 9.95. The van der Waals surface area contributed by atoms with Crippen molar-refractivity contribution < 1.29 is 33.1 Å². The first-order chi connectivity index (χ1) is 20.7. The summed E-state index contributed by atoms with van der Waals surface area (Å²) in [5.74, 6) is 1.39. The number of fused-ring (bicyclic) bond motifs is 1. The molecule has 5 rings (SSSR count). The first-order valence-corrected chi connectivity index (χ1v) is 13.9. The molecule has 43 heavy (non-hydrogen) atoms. The van der Waals surface area contributed by atoms with Crippen molar-refractivity contribution in [3.8, 4) is 28.6 Å². The van der Waals surface area contributed by atoms with Gasteiger partial charge in [-0.2, -0.15) is 0 Å². The molecule has 0 amide bonds. The first-order valence-electron chi connectivity index (χ1n) is 13.0. The van der Waals surface area contributed by atoms with Gasteiger partial charge in [0, 0.05) is 17.7 Å². The molecule has 0 bridgehead atoms. The molecule has 0 N–H and O–H groups in total. The van der Waals surface area contributed by atoms with Crippen LogP contribution in [0.5, 0.6) is 17.2 Å². The van der Waals surface area contributed by atoms with E-state index in [-0.39, 0.29) is 23.6 Å². The van der Waals surface area contributed by atoms with Crippen molar-refractivity contribution >= 4 is 29.1 Å². The fraction of sp³-hybridized carbons (Fsp3) is 0.233. The Morgan fingerprint density at radius 1 is 1.09 bits per heavy atom. The van der Waals surface area contributed by atoms with E-state index in [9.17, 15) is 19.7 Å². The second-order valence-electron chi connectivity index (χ2n) is 9.25. The minimum Gasteiger partial charge on any atom is -0.497 e. The maximum atomic E-state index is 14.0. The summed E-state index contributed by atoms with van der Waals surface area (Å²) in [6.45, 7) is 3.54. The molecule has 4 aromatic rings. The Hall–Kier alpha value is -5.17. The van der Waals surface area contributed by atoms with E-state index in [2.05, 4.69) is 4.99 Å². The molecule has 0 radical (unpaired) electrons. The molecule has 13 heteroatoms. The van der Waals surface area contributed by atoms with Gasteiger partial charge in [-0.1, -0.05) is 11.3 Å². The Morgan fingerprint density at radius 2 is 1.86 bits per heavy atom. The van der Waals surface area contributed by atoms with Crippen molar-refractivity contribution in [2.45, 2.75) is 19.9 Å². The molecule has 0 fully saturated rings. The number of carbonyl (C=O) groups excluding carboxylic acids is 1. The Balaban J connectivity index is 1.66. The molecule has 2 aromatic heterocycles. The van der Waals surface area contributed by atoms with E-state index in [1.807, 2.05) is 0 Å². The van der Waals surface area contributed by atoms with Crippen molar-refractivity contribution in [1.29, 1.82) is 0 Å². The molecular weight excluding hydrogens is 578 g/mol. The number of hydrogen-bond donors (Lipinski definition) is 0. The van der Waals surface area contributed by atoms with Crippen molar-refractivity contribution in [2.75, 3.05) is 27.9 Å². The average Bonchev–Trinajstić information content (AvgIpc) is 3.59. The number of ether oxygens (including phenoxy) is 4. The van der Waals surface area contributed by atoms with Crippen molar-refractivity contribution in [1.82, 2.24) is 4.57 Å². The van der Waals surface area contributed by atoms with Gasteiger partial charge in [0.05, 0.1) is 60.3 Å². The molecular formula is C30H27N3O9S. The summed E-state index contributed by atoms with van der Waals surface area (Å²) in [5, 5.41) is 11.2. The zero-order valence-electron chi connectivity index (χ0n) is 23.9. The lowest BCUT2D eigenvalue weighted by Crippen LogP contribution is -2.40. The summed E-state index contributed by atoms with van der Waals surface area (Å²) in [6, 6.07) is 11.8. The molecule has 0 unspecified atom stereocenters. The SMILES string of the molecule is CCOC(=O)C1=C(C)N=c2s/c(=C\c3ccc(-c4ccc([N+](=O)[O-])cc4OC)o3)c(=O)n2[C@@H]1c1cc(OC)ccc1OC. The molecule has 12 nitrogen and oxygen atoms in total. The Kier molecular flexibility index (Phi) is 8.17. The fourth-order valence-corrected chi connectivity index (χ4v) is 5.87. The number of nitro benzene ring substituents is 1. The molecule has 0 saturated carbocycles. The fourth-order valence-electron chi connectivity index (χ4n) is 4.84. The average molecular weight is 606 g/mol. The number of esters is 1. The van der Waals surface area contributed by atoms with Gasteiger partial charge in [-0.3, -0.25) is 19.5 Å². The molecule has 222 valence electrons. The van der Waals surface area contributed by atoms with Crippen molar-refractivity contribution in [3.63, 3.8) is 0 Å². The van der Waals surface area contributed by atoms with Crippen LogP contribution in [0.15, 0.2) is 74.0 Å². The van der Waals surface area contributed by atoms with Crippen LogP contribution >= 0.6 is 11.3 Å². The lowest BCUT2D eigenvalue weighted by Gasteiger charge is -2.26. The van der Waals surface area contributed by atoms with Gasteiger partial charge in [0.1, 0.15) is 34.8 Å². The molecule has 3 heterocycles. The maximum Gasteiger partial charge on any atom is 0.338 e. The van der Waals surface area contributed by atoms with Crippen LogP contribution in [0.3, 0.4) is 0 Å². The molecule has 1 atom stereocenters. The van der Waals surface area contributed by atoms with E-state index in [1.165, 1.54) is 44.1 Å². The summed E-state index contributed by atoms with van der Waals surface area (Å²) >= 11 is 1.14. The van der Waals surface area contributed by atoms with E-state index in [0.717, 1.165) is 11.3 Å². The van der Waals surface area contributed by atoms with E-state index < -0.39 is 22.5 Å². The number of hydrogen-bond acceptors (Lipinski definition) is 11. The topological polar surface area (TPSA) is 145 Å². The Bertz CT molecular complexity index is 1950. The van der Waals surface area contributed by atoms with Crippen LogP contribution in [0, 0.1) is 10.1 Å². The number of benzene rings is 2. The summed E-state index contributed by atoms with van der Waals surface area (Å²) in [5.41, 5.74) is 1.13. The molecule has 0 spiro atoms. The Labute approximate surface area is 248 Å². The quantitative estimate of drug-likeness (QED) is 0.157. The minimum absolute atomic E-state index is 0.117. The van der Waals surface area contributed by atoms with Crippen molar-refractivity contribution in [2.24, 2.45) is 4.99 Å². The van der Waals surface area contributed by atoms with Crippen LogP contribution in [-0.4, -0.2) is 43.4 Å². The number of non-ortho nitro benzene ring substituents is 1. The zero-order valence-corrected chi connectivity index (χ0v) is 24.7. The van der Waals surface area contributed by atoms with Gasteiger partial charge >= 0.3 is 5.97 Å². The normalized spacial score (nSPS) is 14.6. The summed E-state index contributed by atoms with van der Waals surface area (Å²) in [7, 11) is 4.44. The number of thiazole rings is 1. The third-order valence-electron chi connectivity index (χ3n) is 6.81. The summed E-state index contributed by atoms with van der Waals surface area (Å²) in [6.07, 6.45) is 1.58. The van der Waals surface area contributed by atoms with Crippen LogP contribution in [0.25, 0.3) is 17.4 Å². The van der Waals surface area contributed by atoms with Crippen LogP contribution in [0.4, 0.5) is 5.69 Å². The highest BCUT2D eigenvalue weighted by Gasteiger charge is 2.35. The smallest absolute Gasteiger partial charge is 0.338 e. The van der Waals surface area contributed by atoms with E-state index >= 15 is 0 Å². The third-order valence-corrected chi connectivity index (χ3v) is 7.79. The van der Waals surface area contributed by atoms with Gasteiger partial charge in [-0.25, -0.2) is 9.79 Å². The number of rotatable bonds is 9. The van der Waals surface area contributed by atoms with Crippen LogP contribution in [-0.2, 0) is 9.53 Å². The number of allylic oxidation sites excluding steroid dienone is 1. The van der Waals surface area contributed by atoms with Gasteiger partial charge in [-0.15, -0.1) is 0 Å². The molecule has 2 aromatic carbocycles. The van der Waals surface area contributed by atoms with Gasteiger partial charge < -0.3 is 23.4 Å². The molecule has 0 aliphatic carbocycles. The first kappa shape index (κ1) is 29.3. The summed E-state index contributed by atoms with van der Waals surface area (Å²) < 4.78 is 29.5. The monoisotopic (exact) mass is 605 g/mol. The number of aromatic nitrogens is 1. The number of carbonyl (C=O) groups is 1. The highest BCUT2D eigenvalue weighted by Crippen LogP contribution is 2.38. The number of nitrogens with zero attached hydrogens (tertiary/aromatic N) is 3. The van der Waals surface area contributed by atoms with Crippen LogP contribution in [0.1, 0.15) is 31.2 Å². The predicted molar refractivity (Wildman–Crippen MR) is 157 cm³/mol. The second kappa shape index (κ2) is 12.0. The van der Waals surface area contributed by atoms with Crippen LogP contribution in [0.2, 0.25) is 0 Å². The maximum absolute atomic E-state index is 14.0. The third kappa shape index (κ3) is 5.42. The molecule has 1 aliphatic heterocycles. The van der Waals surface area contributed by atoms with Gasteiger partial charge in [0.2, 0.25) is 0 Å². The van der Waals surface area contributed by atoms with Gasteiger partial charge in [0.25, 0.3) is 11.2 Å². The molecule has 1 aliphatic rings. The standard InChI is InChI=1S/C30H27N3O9S/c1-6-41-29(35)26-16(2)31-30-32(27(26)21-14-18(38-3)8-11-22(21)39-4)28(34)25(43-30)15-19-9-12-23(42-19)20-10-7-17(33(36)37)13-24(20)40-5/h7-15,27H,6H2,1-5H3/b25-15-/t27-/m1/s1. The zero-order chi connectivity index (χ0) is 30.8. The summed E-state index contributed by atoms with van der Waals surface area (Å²) in [4.78, 5) is 42.8. The number of furan rings is 1. The van der Waals surface area contributed by atoms with Gasteiger partial charge in [-0.05, 0) is 50.2 Å². The van der Waals surface area contributed by atoms with Crippen molar-refractivity contribution in [3.05, 3.63) is 101 Å². The van der Waals surface area contributed by atoms with E-state index in [0.29, 0.717) is 49.2 Å². The highest BCUT2D eigenvalue weighted by atomic mass is 32.1. The second-order valence-corrected chi connectivity index (χ2v) is 10.3. The number of methoxy groups -OCH3 is 3. The lowest BCUT2D eigenvalue weighted by molar-refractivity contribution is -0.384. The predicted octanol–water partition coefficient (Wildman–Crippen LogP) is 3.99. The Morgan fingerprint density at radius 3 is 2.53 bits per heavy atom. The minimum atomic E-state index is -0.904. The van der Waals surface area contributed by atoms with Gasteiger partial charge in [0.15, 0.2) is 4.80 Å². The number of nitro groups is 1. The largest absolute Gasteiger partial charge is 0.497 e. The van der Waals surface area contributed by atoms with E-state index in [1.54, 1.807) is 50.3 Å². The molecule has 0 saturated heterocycles. The van der Waals surface area contributed by atoms with E-state index in [4.69, 9.17) is 23.4 Å².